The second-order valence-electron chi connectivity index (χ2n) is 1.47. The predicted octanol–water partition coefficient (Wildman–Crippen LogP) is 2.98. The van der Waals surface area contributed by atoms with Crippen molar-refractivity contribution < 1.29 is 8.78 Å². The Hall–Kier alpha value is 0.330. The summed E-state index contributed by atoms with van der Waals surface area (Å²) in [6.07, 6.45) is 1.41. The quantitative estimate of drug-likeness (QED) is 0.370. The maximum absolute atomic E-state index is 12.0. The average Bonchev–Trinajstić information content (AvgIpc) is 1.62. The van der Waals surface area contributed by atoms with Gasteiger partial charge in [0, 0.05) is 28.2 Å². The maximum Gasteiger partial charge on any atom is 0.317 e. The molecule has 0 radical (unpaired) electrons. The van der Waals surface area contributed by atoms with E-state index in [1.165, 1.54) is 13.0 Å². The minimum atomic E-state index is -2.66. The Morgan fingerprint density at radius 2 is 2.00 bits per heavy atom. The lowest BCUT2D eigenvalue weighted by atomic mass is 10.3. The number of allylic oxidation sites excluding steroid dienone is 2. The molecule has 0 aliphatic rings. The van der Waals surface area contributed by atoms with Crippen molar-refractivity contribution in [2.45, 2.75) is 17.8 Å². The summed E-state index contributed by atoms with van der Waals surface area (Å²) in [5.41, 5.74) is 0.109. The third kappa shape index (κ3) is 2.59. The van der Waals surface area contributed by atoms with Gasteiger partial charge in [-0.15, -0.1) is 0 Å². The fraction of sp³-hybridized carbons (Fsp3) is 0.600. The van der Waals surface area contributed by atoms with Crippen LogP contribution in [0.4, 0.5) is 8.78 Å². The molecule has 0 atom stereocenters. The average molecular weight is 232 g/mol. The van der Waals surface area contributed by atoms with E-state index in [1.54, 1.807) is 6.92 Å². The van der Waals surface area contributed by atoms with Crippen LogP contribution in [-0.4, -0.2) is 3.93 Å². The van der Waals surface area contributed by atoms with Gasteiger partial charge in [0.1, 0.15) is 0 Å². The van der Waals surface area contributed by atoms with Crippen LogP contribution < -0.4 is 0 Å². The third-order valence-corrected chi connectivity index (χ3v) is 1.73. The van der Waals surface area contributed by atoms with Crippen molar-refractivity contribution in [3.05, 3.63) is 11.6 Å². The van der Waals surface area contributed by atoms with Gasteiger partial charge in [0.2, 0.25) is 0 Å². The fourth-order valence-electron chi connectivity index (χ4n) is 0.164. The van der Waals surface area contributed by atoms with Crippen molar-refractivity contribution in [3.63, 3.8) is 0 Å². The number of rotatable bonds is 1. The summed E-state index contributed by atoms with van der Waals surface area (Å²) in [6.45, 7) is 3.01. The Labute approximate surface area is 61.1 Å². The lowest BCUT2D eigenvalue weighted by molar-refractivity contribution is 0.169. The van der Waals surface area contributed by atoms with Crippen LogP contribution in [0.1, 0.15) is 13.8 Å². The SMILES string of the molecule is C/C=C(\C)C(F)(F)I. The second-order valence-corrected chi connectivity index (χ2v) is 2.82. The standard InChI is InChI=1S/C5H7F2I/c1-3-4(2)5(6,7)8/h3H,1-2H3/b4-3+. The van der Waals surface area contributed by atoms with E-state index in [-0.39, 0.29) is 5.57 Å². The van der Waals surface area contributed by atoms with Gasteiger partial charge in [-0.05, 0) is 13.8 Å². The molecule has 0 spiro atoms. The highest BCUT2D eigenvalue weighted by Gasteiger charge is 2.24. The molecule has 0 unspecified atom stereocenters. The molecule has 0 saturated heterocycles. The highest BCUT2D eigenvalue weighted by atomic mass is 127. The minimum Gasteiger partial charge on any atom is -0.190 e. The van der Waals surface area contributed by atoms with E-state index >= 15 is 0 Å². The first kappa shape index (κ1) is 8.33. The molecule has 0 nitrogen and oxygen atoms in total. The van der Waals surface area contributed by atoms with Crippen molar-refractivity contribution in [2.24, 2.45) is 0 Å². The second kappa shape index (κ2) is 2.75. The summed E-state index contributed by atoms with van der Waals surface area (Å²) in [5, 5.41) is 0. The number of alkyl halides is 3. The third-order valence-electron chi connectivity index (χ3n) is 0.880. The van der Waals surface area contributed by atoms with Crippen molar-refractivity contribution in [1.82, 2.24) is 0 Å². The molecule has 0 N–H and O–H groups in total. The van der Waals surface area contributed by atoms with Crippen molar-refractivity contribution in [2.75, 3.05) is 0 Å². The van der Waals surface area contributed by atoms with Gasteiger partial charge in [-0.3, -0.25) is 0 Å². The number of halogens is 3. The van der Waals surface area contributed by atoms with Crippen LogP contribution in [0.15, 0.2) is 11.6 Å². The Kier molecular flexibility index (Phi) is 2.87. The summed E-state index contributed by atoms with van der Waals surface area (Å²) in [7, 11) is 0. The lowest BCUT2D eigenvalue weighted by Gasteiger charge is -2.06. The molecule has 0 aromatic rings. The van der Waals surface area contributed by atoms with E-state index < -0.39 is 3.93 Å². The molecular formula is C5H7F2I. The number of hydrogen-bond donors (Lipinski definition) is 0. The summed E-state index contributed by atoms with van der Waals surface area (Å²) in [6, 6.07) is 0. The molecule has 0 aromatic carbocycles. The smallest absolute Gasteiger partial charge is 0.190 e. The van der Waals surface area contributed by atoms with Gasteiger partial charge in [0.25, 0.3) is 0 Å². The van der Waals surface area contributed by atoms with Crippen LogP contribution in [0.3, 0.4) is 0 Å². The van der Waals surface area contributed by atoms with Crippen LogP contribution in [0.25, 0.3) is 0 Å². The van der Waals surface area contributed by atoms with E-state index in [9.17, 15) is 8.78 Å². The van der Waals surface area contributed by atoms with Gasteiger partial charge in [-0.1, -0.05) is 6.08 Å². The van der Waals surface area contributed by atoms with Crippen molar-refractivity contribution in [3.8, 4) is 0 Å². The molecule has 0 saturated carbocycles. The van der Waals surface area contributed by atoms with Crippen LogP contribution in [-0.2, 0) is 0 Å². The molecule has 3 heteroatoms. The molecule has 0 rings (SSSR count). The number of hydrogen-bond acceptors (Lipinski definition) is 0. The molecule has 0 aliphatic carbocycles. The van der Waals surface area contributed by atoms with Gasteiger partial charge in [-0.25, -0.2) is 0 Å². The molecule has 0 amide bonds. The first-order valence-electron chi connectivity index (χ1n) is 2.18. The Morgan fingerprint density at radius 1 is 1.62 bits per heavy atom. The van der Waals surface area contributed by atoms with Gasteiger partial charge in [0.15, 0.2) is 0 Å². The van der Waals surface area contributed by atoms with Crippen molar-refractivity contribution in [1.29, 1.82) is 0 Å². The topological polar surface area (TPSA) is 0 Å². The molecule has 0 fully saturated rings. The molecule has 0 heterocycles. The summed E-state index contributed by atoms with van der Waals surface area (Å²) < 4.78 is 21.4. The minimum absolute atomic E-state index is 0.109. The van der Waals surface area contributed by atoms with Crippen LogP contribution in [0, 0.1) is 0 Å². The molecular weight excluding hydrogens is 225 g/mol. The van der Waals surface area contributed by atoms with E-state index in [0.717, 1.165) is 22.6 Å². The zero-order valence-electron chi connectivity index (χ0n) is 4.71. The molecule has 8 heavy (non-hydrogen) atoms. The Balaban J connectivity index is 4.03. The normalized spacial score (nSPS) is 14.4. The highest BCUT2D eigenvalue weighted by molar-refractivity contribution is 14.1. The van der Waals surface area contributed by atoms with Crippen LogP contribution in [0.5, 0.6) is 0 Å². The van der Waals surface area contributed by atoms with Crippen molar-refractivity contribution >= 4 is 22.6 Å². The van der Waals surface area contributed by atoms with E-state index in [1.807, 2.05) is 0 Å². The van der Waals surface area contributed by atoms with Gasteiger partial charge in [0.05, 0.1) is 0 Å². The first-order chi connectivity index (χ1) is 3.48. The highest BCUT2D eigenvalue weighted by Crippen LogP contribution is 2.30. The zero-order chi connectivity index (χ0) is 6.78. The van der Waals surface area contributed by atoms with Gasteiger partial charge >= 0.3 is 3.93 Å². The first-order valence-corrected chi connectivity index (χ1v) is 3.26. The Morgan fingerprint density at radius 3 is 2.00 bits per heavy atom. The van der Waals surface area contributed by atoms with Crippen LogP contribution >= 0.6 is 22.6 Å². The monoisotopic (exact) mass is 232 g/mol. The van der Waals surface area contributed by atoms with Gasteiger partial charge in [-0.2, -0.15) is 8.78 Å². The molecule has 48 valence electrons. The van der Waals surface area contributed by atoms with E-state index in [0.29, 0.717) is 0 Å². The van der Waals surface area contributed by atoms with E-state index in [2.05, 4.69) is 0 Å². The summed E-state index contributed by atoms with van der Waals surface area (Å²) >= 11 is 1.10. The zero-order valence-corrected chi connectivity index (χ0v) is 6.87. The van der Waals surface area contributed by atoms with E-state index in [4.69, 9.17) is 0 Å². The molecule has 0 aromatic heterocycles. The largest absolute Gasteiger partial charge is 0.317 e. The predicted molar refractivity (Wildman–Crippen MR) is 38.4 cm³/mol. The maximum atomic E-state index is 12.0. The fourth-order valence-corrected chi connectivity index (χ4v) is 0.475. The summed E-state index contributed by atoms with van der Waals surface area (Å²) in [5.74, 6) is 0. The Bertz CT molecular complexity index is 101. The molecule has 0 bridgehead atoms. The molecule has 0 aliphatic heterocycles. The van der Waals surface area contributed by atoms with Crippen LogP contribution in [0.2, 0.25) is 0 Å². The lowest BCUT2D eigenvalue weighted by Crippen LogP contribution is -2.04. The summed E-state index contributed by atoms with van der Waals surface area (Å²) in [4.78, 5) is 0. The van der Waals surface area contributed by atoms with Gasteiger partial charge < -0.3 is 0 Å².